The summed E-state index contributed by atoms with van der Waals surface area (Å²) in [5, 5.41) is 3.27. The van der Waals surface area contributed by atoms with Gasteiger partial charge in [0.2, 0.25) is 0 Å². The highest BCUT2D eigenvalue weighted by Gasteiger charge is 2.31. The first-order chi connectivity index (χ1) is 9.35. The molecule has 4 nitrogen and oxygen atoms in total. The van der Waals surface area contributed by atoms with Gasteiger partial charge in [0.15, 0.2) is 5.82 Å². The van der Waals surface area contributed by atoms with Crippen molar-refractivity contribution in [2.24, 2.45) is 0 Å². The monoisotopic (exact) mass is 258 g/mol. The fourth-order valence-corrected chi connectivity index (χ4v) is 2.68. The largest absolute Gasteiger partial charge is 0.352 e. The third-order valence-corrected chi connectivity index (χ3v) is 3.68. The summed E-state index contributed by atoms with van der Waals surface area (Å²) in [5.41, 5.74) is 2.32. The maximum atomic E-state index is 4.86. The van der Waals surface area contributed by atoms with Crippen molar-refractivity contribution in [1.29, 1.82) is 0 Å². The zero-order valence-corrected chi connectivity index (χ0v) is 11.8. The summed E-state index contributed by atoms with van der Waals surface area (Å²) in [7, 11) is 1.99. The number of nitrogens with one attached hydrogen (secondary N) is 1. The van der Waals surface area contributed by atoms with E-state index in [2.05, 4.69) is 45.9 Å². The Kier molecular flexibility index (Phi) is 3.42. The highest BCUT2D eigenvalue weighted by Crippen LogP contribution is 2.33. The van der Waals surface area contributed by atoms with Crippen molar-refractivity contribution in [1.82, 2.24) is 14.7 Å². The van der Waals surface area contributed by atoms with Gasteiger partial charge in [-0.25, -0.2) is 4.98 Å². The molecule has 0 saturated heterocycles. The van der Waals surface area contributed by atoms with E-state index in [1.807, 2.05) is 7.05 Å². The fourth-order valence-electron chi connectivity index (χ4n) is 2.68. The predicted molar refractivity (Wildman–Crippen MR) is 78.6 cm³/mol. The van der Waals surface area contributed by atoms with Crippen LogP contribution in [0, 0.1) is 0 Å². The standard InChI is InChI=1S/C15H22N4/c1-3-9-18(12-7-8-12)15-13(11-16-2)19-10-5-4-6-14(19)17-15/h4-6,10,12,16H,3,7-9,11H2,1-2H3. The minimum atomic E-state index is 0.709. The van der Waals surface area contributed by atoms with Crippen molar-refractivity contribution in [3.63, 3.8) is 0 Å². The van der Waals surface area contributed by atoms with Crippen LogP contribution in [0.15, 0.2) is 24.4 Å². The normalized spacial score (nSPS) is 15.1. The molecule has 1 aliphatic rings. The molecule has 0 spiro atoms. The van der Waals surface area contributed by atoms with Crippen LogP contribution in [0.5, 0.6) is 0 Å². The number of aromatic nitrogens is 2. The predicted octanol–water partition coefficient (Wildman–Crippen LogP) is 2.43. The van der Waals surface area contributed by atoms with E-state index in [0.29, 0.717) is 6.04 Å². The van der Waals surface area contributed by atoms with E-state index >= 15 is 0 Å². The van der Waals surface area contributed by atoms with Gasteiger partial charge in [-0.15, -0.1) is 0 Å². The summed E-state index contributed by atoms with van der Waals surface area (Å²) in [5.74, 6) is 1.17. The second kappa shape index (κ2) is 5.21. The van der Waals surface area contributed by atoms with E-state index < -0.39 is 0 Å². The number of hydrogen-bond acceptors (Lipinski definition) is 3. The molecule has 0 amide bonds. The number of fused-ring (bicyclic) bond motifs is 1. The summed E-state index contributed by atoms with van der Waals surface area (Å²) in [4.78, 5) is 7.36. The number of rotatable bonds is 6. The fraction of sp³-hybridized carbons (Fsp3) is 0.533. The van der Waals surface area contributed by atoms with Crippen LogP contribution in [0.4, 0.5) is 5.82 Å². The summed E-state index contributed by atoms with van der Waals surface area (Å²) in [6.07, 6.45) is 5.90. The van der Waals surface area contributed by atoms with Gasteiger partial charge in [-0.05, 0) is 38.4 Å². The Hall–Kier alpha value is -1.55. The molecule has 0 aromatic carbocycles. The Morgan fingerprint density at radius 2 is 2.26 bits per heavy atom. The summed E-state index contributed by atoms with van der Waals surface area (Å²) in [6, 6.07) is 6.91. The average Bonchev–Trinajstić information content (AvgIpc) is 3.20. The smallest absolute Gasteiger partial charge is 0.152 e. The minimum absolute atomic E-state index is 0.709. The molecule has 1 aliphatic carbocycles. The topological polar surface area (TPSA) is 32.6 Å². The van der Waals surface area contributed by atoms with Gasteiger partial charge in [-0.3, -0.25) is 0 Å². The molecule has 0 atom stereocenters. The second-order valence-electron chi connectivity index (χ2n) is 5.27. The number of nitrogens with zero attached hydrogens (tertiary/aromatic N) is 3. The molecular weight excluding hydrogens is 236 g/mol. The molecule has 0 bridgehead atoms. The lowest BCUT2D eigenvalue weighted by atomic mass is 10.3. The third-order valence-electron chi connectivity index (χ3n) is 3.68. The molecule has 2 heterocycles. The Morgan fingerprint density at radius 3 is 2.95 bits per heavy atom. The molecule has 1 saturated carbocycles. The van der Waals surface area contributed by atoms with Crippen LogP contribution in [0.3, 0.4) is 0 Å². The SMILES string of the molecule is CCCN(c1nc2ccccn2c1CNC)C1CC1. The van der Waals surface area contributed by atoms with E-state index in [0.717, 1.165) is 18.7 Å². The van der Waals surface area contributed by atoms with Crippen molar-refractivity contribution in [3.05, 3.63) is 30.1 Å². The Labute approximate surface area is 114 Å². The first-order valence-corrected chi connectivity index (χ1v) is 7.22. The van der Waals surface area contributed by atoms with Crippen LogP contribution < -0.4 is 10.2 Å². The quantitative estimate of drug-likeness (QED) is 0.863. The number of imidazole rings is 1. The van der Waals surface area contributed by atoms with Crippen LogP contribution >= 0.6 is 0 Å². The number of pyridine rings is 1. The van der Waals surface area contributed by atoms with Gasteiger partial charge >= 0.3 is 0 Å². The number of hydrogen-bond donors (Lipinski definition) is 1. The van der Waals surface area contributed by atoms with E-state index in [-0.39, 0.29) is 0 Å². The Morgan fingerprint density at radius 1 is 1.42 bits per heavy atom. The van der Waals surface area contributed by atoms with E-state index in [1.165, 1.54) is 30.8 Å². The van der Waals surface area contributed by atoms with Crippen LogP contribution in [0.1, 0.15) is 31.9 Å². The lowest BCUT2D eigenvalue weighted by Gasteiger charge is -2.23. The lowest BCUT2D eigenvalue weighted by molar-refractivity contribution is 0.727. The first-order valence-electron chi connectivity index (χ1n) is 7.22. The molecule has 102 valence electrons. The average molecular weight is 258 g/mol. The maximum Gasteiger partial charge on any atom is 0.152 e. The molecule has 0 radical (unpaired) electrons. The highest BCUT2D eigenvalue weighted by atomic mass is 15.3. The van der Waals surface area contributed by atoms with Crippen LogP contribution in [0.25, 0.3) is 5.65 Å². The molecule has 19 heavy (non-hydrogen) atoms. The third kappa shape index (κ3) is 2.32. The summed E-state index contributed by atoms with van der Waals surface area (Å²) >= 11 is 0. The molecule has 0 aliphatic heterocycles. The molecule has 4 heteroatoms. The molecule has 2 aromatic rings. The van der Waals surface area contributed by atoms with Crippen molar-refractivity contribution >= 4 is 11.5 Å². The molecule has 3 rings (SSSR count). The Balaban J connectivity index is 2.07. The summed E-state index contributed by atoms with van der Waals surface area (Å²) in [6.45, 7) is 4.20. The van der Waals surface area contributed by atoms with Gasteiger partial charge < -0.3 is 14.6 Å². The van der Waals surface area contributed by atoms with Gasteiger partial charge in [-0.1, -0.05) is 13.0 Å². The van der Waals surface area contributed by atoms with Crippen LogP contribution in [0.2, 0.25) is 0 Å². The van der Waals surface area contributed by atoms with Gasteiger partial charge in [0.05, 0.1) is 5.69 Å². The maximum absolute atomic E-state index is 4.86. The van der Waals surface area contributed by atoms with Gasteiger partial charge in [-0.2, -0.15) is 0 Å². The second-order valence-corrected chi connectivity index (χ2v) is 5.27. The summed E-state index contributed by atoms with van der Waals surface area (Å²) < 4.78 is 2.21. The number of anilines is 1. The van der Waals surface area contributed by atoms with E-state index in [1.54, 1.807) is 0 Å². The molecule has 1 fully saturated rings. The molecule has 1 N–H and O–H groups in total. The van der Waals surface area contributed by atoms with Gasteiger partial charge in [0, 0.05) is 25.3 Å². The highest BCUT2D eigenvalue weighted by molar-refractivity contribution is 5.57. The zero-order chi connectivity index (χ0) is 13.2. The first kappa shape index (κ1) is 12.5. The van der Waals surface area contributed by atoms with E-state index in [4.69, 9.17) is 4.98 Å². The molecular formula is C15H22N4. The molecule has 0 unspecified atom stereocenters. The minimum Gasteiger partial charge on any atom is -0.352 e. The van der Waals surface area contributed by atoms with E-state index in [9.17, 15) is 0 Å². The zero-order valence-electron chi connectivity index (χ0n) is 11.8. The van der Waals surface area contributed by atoms with Crippen molar-refractivity contribution in [3.8, 4) is 0 Å². The van der Waals surface area contributed by atoms with Gasteiger partial charge in [0.1, 0.15) is 5.65 Å². The van der Waals surface area contributed by atoms with Gasteiger partial charge in [0.25, 0.3) is 0 Å². The van der Waals surface area contributed by atoms with Crippen LogP contribution in [-0.2, 0) is 6.54 Å². The van der Waals surface area contributed by atoms with Crippen molar-refractivity contribution < 1.29 is 0 Å². The lowest BCUT2D eigenvalue weighted by Crippen LogP contribution is -2.28. The van der Waals surface area contributed by atoms with Crippen molar-refractivity contribution in [2.45, 2.75) is 38.8 Å². The van der Waals surface area contributed by atoms with Crippen LogP contribution in [-0.4, -0.2) is 29.0 Å². The van der Waals surface area contributed by atoms with Crippen molar-refractivity contribution in [2.75, 3.05) is 18.5 Å². The Bertz CT molecular complexity index is 556. The molecule has 2 aromatic heterocycles.